The highest BCUT2D eigenvalue weighted by molar-refractivity contribution is 5.96. The fourth-order valence-corrected chi connectivity index (χ4v) is 3.28. The molecule has 0 aliphatic carbocycles. The predicted molar refractivity (Wildman–Crippen MR) is 100 cm³/mol. The Balaban J connectivity index is 1.75. The highest BCUT2D eigenvalue weighted by atomic mass is 19.2. The van der Waals surface area contributed by atoms with Crippen LogP contribution in [0.1, 0.15) is 29.0 Å². The van der Waals surface area contributed by atoms with Crippen LogP contribution in [-0.2, 0) is 0 Å². The predicted octanol–water partition coefficient (Wildman–Crippen LogP) is 3.43. The van der Waals surface area contributed by atoms with E-state index in [2.05, 4.69) is 10.2 Å². The first-order chi connectivity index (χ1) is 13.8. The van der Waals surface area contributed by atoms with Crippen molar-refractivity contribution < 1.29 is 18.0 Å². The molecule has 0 fully saturated rings. The third-order valence-electron chi connectivity index (χ3n) is 4.99. The summed E-state index contributed by atoms with van der Waals surface area (Å²) in [5.41, 5.74) is 0.0276. The van der Waals surface area contributed by atoms with Crippen LogP contribution in [0.25, 0.3) is 16.3 Å². The normalized spacial score (nSPS) is 12.4. The summed E-state index contributed by atoms with van der Waals surface area (Å²) in [5.74, 6) is -3.17. The summed E-state index contributed by atoms with van der Waals surface area (Å²) in [6.45, 7) is 1.63. The second kappa shape index (κ2) is 6.77. The number of nitrogens with zero attached hydrogens (tertiary/aromatic N) is 3. The molecule has 0 aliphatic heterocycles. The van der Waals surface area contributed by atoms with E-state index in [-0.39, 0.29) is 27.5 Å². The number of aromatic amines is 1. The number of carbonyl (C=O) groups is 1. The molecule has 1 unspecified atom stereocenters. The molecule has 9 heteroatoms. The molecule has 0 bridgehead atoms. The van der Waals surface area contributed by atoms with E-state index < -0.39 is 35.0 Å². The van der Waals surface area contributed by atoms with Gasteiger partial charge in [0, 0.05) is 24.8 Å². The number of hydrogen-bond acceptors (Lipinski definition) is 3. The molecule has 29 heavy (non-hydrogen) atoms. The topological polar surface area (TPSA) is 70.5 Å². The zero-order valence-electron chi connectivity index (χ0n) is 15.4. The van der Waals surface area contributed by atoms with Gasteiger partial charge in [0.05, 0.1) is 28.2 Å². The van der Waals surface area contributed by atoms with Crippen molar-refractivity contribution in [3.8, 4) is 0 Å². The van der Waals surface area contributed by atoms with Crippen molar-refractivity contribution in [2.75, 3.05) is 7.05 Å². The first kappa shape index (κ1) is 18.7. The number of amides is 1. The second-order valence-corrected chi connectivity index (χ2v) is 6.72. The maximum atomic E-state index is 13.9. The van der Waals surface area contributed by atoms with Gasteiger partial charge in [0.2, 0.25) is 0 Å². The number of fused-ring (bicyclic) bond motifs is 2. The van der Waals surface area contributed by atoms with Crippen molar-refractivity contribution in [3.05, 3.63) is 81.8 Å². The van der Waals surface area contributed by atoms with Crippen molar-refractivity contribution in [1.29, 1.82) is 0 Å². The Kier molecular flexibility index (Phi) is 4.37. The molecule has 4 aromatic rings. The number of carbonyl (C=O) groups excluding carboxylic acids is 1. The summed E-state index contributed by atoms with van der Waals surface area (Å²) >= 11 is 0. The molecule has 0 aliphatic rings. The molecule has 0 radical (unpaired) electrons. The number of nitrogens with one attached hydrogen (secondary N) is 1. The van der Waals surface area contributed by atoms with E-state index >= 15 is 0 Å². The van der Waals surface area contributed by atoms with E-state index in [1.807, 2.05) is 0 Å². The average Bonchev–Trinajstić information content (AvgIpc) is 3.14. The smallest absolute Gasteiger partial charge is 0.272 e. The molecule has 0 saturated heterocycles. The van der Waals surface area contributed by atoms with Crippen LogP contribution >= 0.6 is 0 Å². The SMILES string of the molecule is CC(c1n[nH]c(=O)c2cc(F)c(F)cc12)N(C)C(=O)c1cc2c(F)cccn2c1. The number of rotatable bonds is 3. The van der Waals surface area contributed by atoms with Gasteiger partial charge in [-0.15, -0.1) is 0 Å². The van der Waals surface area contributed by atoms with E-state index in [4.69, 9.17) is 0 Å². The van der Waals surface area contributed by atoms with Gasteiger partial charge in [-0.3, -0.25) is 9.59 Å². The number of halogens is 3. The van der Waals surface area contributed by atoms with Crippen LogP contribution in [0.5, 0.6) is 0 Å². The molecule has 3 aromatic heterocycles. The lowest BCUT2D eigenvalue weighted by Gasteiger charge is -2.24. The summed E-state index contributed by atoms with van der Waals surface area (Å²) in [6.07, 6.45) is 3.12. The Morgan fingerprint density at radius 2 is 1.83 bits per heavy atom. The van der Waals surface area contributed by atoms with Gasteiger partial charge in [-0.25, -0.2) is 18.3 Å². The maximum absolute atomic E-state index is 13.9. The molecule has 1 aromatic carbocycles. The lowest BCUT2D eigenvalue weighted by Crippen LogP contribution is -2.31. The van der Waals surface area contributed by atoms with Crippen molar-refractivity contribution in [2.45, 2.75) is 13.0 Å². The first-order valence-corrected chi connectivity index (χ1v) is 8.68. The van der Waals surface area contributed by atoms with Crippen LogP contribution in [0.4, 0.5) is 13.2 Å². The maximum Gasteiger partial charge on any atom is 0.272 e. The third kappa shape index (κ3) is 3.04. The highest BCUT2D eigenvalue weighted by Crippen LogP contribution is 2.26. The van der Waals surface area contributed by atoms with Crippen molar-refractivity contribution in [1.82, 2.24) is 19.5 Å². The molecular weight excluding hydrogens is 385 g/mol. The van der Waals surface area contributed by atoms with Gasteiger partial charge in [0.25, 0.3) is 11.5 Å². The Labute approximate surface area is 162 Å². The molecule has 1 N–H and O–H groups in total. The molecular formula is C20H15F3N4O2. The zero-order chi connectivity index (χ0) is 20.9. The summed E-state index contributed by atoms with van der Waals surface area (Å²) in [7, 11) is 1.50. The largest absolute Gasteiger partial charge is 0.333 e. The molecule has 148 valence electrons. The number of hydrogen-bond donors (Lipinski definition) is 1. The van der Waals surface area contributed by atoms with Crippen molar-refractivity contribution in [2.24, 2.45) is 0 Å². The van der Waals surface area contributed by atoms with Gasteiger partial charge in [-0.2, -0.15) is 5.10 Å². The van der Waals surface area contributed by atoms with E-state index in [0.29, 0.717) is 0 Å². The number of aromatic nitrogens is 3. The summed E-state index contributed by atoms with van der Waals surface area (Å²) in [4.78, 5) is 26.2. The van der Waals surface area contributed by atoms with Crippen molar-refractivity contribution >= 4 is 22.2 Å². The zero-order valence-corrected chi connectivity index (χ0v) is 15.4. The Bertz CT molecular complexity index is 1330. The van der Waals surface area contributed by atoms with Gasteiger partial charge < -0.3 is 9.30 Å². The minimum absolute atomic E-state index is 0.0710. The molecule has 1 amide bonds. The molecule has 6 nitrogen and oxygen atoms in total. The van der Waals surface area contributed by atoms with Gasteiger partial charge in [-0.05, 0) is 37.3 Å². The average molecular weight is 400 g/mol. The summed E-state index contributed by atoms with van der Waals surface area (Å²) in [5, 5.41) is 6.23. The van der Waals surface area contributed by atoms with E-state index in [9.17, 15) is 22.8 Å². The summed E-state index contributed by atoms with van der Waals surface area (Å²) in [6, 6.07) is 5.23. The number of H-pyrrole nitrogens is 1. The fraction of sp³-hybridized carbons (Fsp3) is 0.150. The van der Waals surface area contributed by atoms with E-state index in [1.54, 1.807) is 13.1 Å². The molecule has 3 heterocycles. The lowest BCUT2D eigenvalue weighted by atomic mass is 10.1. The molecule has 0 saturated carbocycles. The minimum Gasteiger partial charge on any atom is -0.333 e. The number of benzene rings is 1. The Morgan fingerprint density at radius 3 is 2.52 bits per heavy atom. The van der Waals surface area contributed by atoms with Crippen LogP contribution in [0.3, 0.4) is 0 Å². The quantitative estimate of drug-likeness (QED) is 0.573. The van der Waals surface area contributed by atoms with Crippen LogP contribution in [-0.4, -0.2) is 32.5 Å². The third-order valence-corrected chi connectivity index (χ3v) is 4.99. The highest BCUT2D eigenvalue weighted by Gasteiger charge is 2.24. The van der Waals surface area contributed by atoms with Crippen LogP contribution in [0.15, 0.2) is 47.5 Å². The van der Waals surface area contributed by atoms with Gasteiger partial charge in [0.1, 0.15) is 5.82 Å². The second-order valence-electron chi connectivity index (χ2n) is 6.72. The fourth-order valence-electron chi connectivity index (χ4n) is 3.28. The monoisotopic (exact) mass is 400 g/mol. The van der Waals surface area contributed by atoms with Crippen molar-refractivity contribution in [3.63, 3.8) is 0 Å². The first-order valence-electron chi connectivity index (χ1n) is 8.68. The van der Waals surface area contributed by atoms with Crippen LogP contribution < -0.4 is 5.56 Å². The Morgan fingerprint density at radius 1 is 1.14 bits per heavy atom. The van der Waals surface area contributed by atoms with Gasteiger partial charge in [-0.1, -0.05) is 0 Å². The molecule has 0 spiro atoms. The lowest BCUT2D eigenvalue weighted by molar-refractivity contribution is 0.0740. The van der Waals surface area contributed by atoms with Crippen LogP contribution in [0, 0.1) is 17.5 Å². The Hall–Kier alpha value is -3.62. The minimum atomic E-state index is -1.15. The molecule has 4 rings (SSSR count). The molecule has 1 atom stereocenters. The van der Waals surface area contributed by atoms with E-state index in [0.717, 1.165) is 12.1 Å². The van der Waals surface area contributed by atoms with Gasteiger partial charge >= 0.3 is 0 Å². The standard InChI is InChI=1S/C20H15F3N4O2/c1-10(18-12-7-15(22)16(23)8-13(12)19(28)25-24-18)26(2)20(29)11-6-17-14(21)4-3-5-27(17)9-11/h3-10H,1-2H3,(H,25,28). The number of pyridine rings is 1. The van der Waals surface area contributed by atoms with Crippen LogP contribution in [0.2, 0.25) is 0 Å². The van der Waals surface area contributed by atoms with Gasteiger partial charge in [0.15, 0.2) is 11.6 Å². The summed E-state index contributed by atoms with van der Waals surface area (Å²) < 4.78 is 42.7. The van der Waals surface area contributed by atoms with E-state index in [1.165, 1.54) is 40.7 Å².